The van der Waals surface area contributed by atoms with Crippen LogP contribution in [0.5, 0.6) is 46.0 Å². The first-order chi connectivity index (χ1) is 48.4. The molecule has 12 nitrogen and oxygen atoms in total. The average molecular weight is 1350 g/mol. The van der Waals surface area contributed by atoms with Crippen LogP contribution >= 0.6 is 0 Å². The van der Waals surface area contributed by atoms with Gasteiger partial charge in [-0.25, -0.2) is 0 Å². The maximum Gasteiger partial charge on any atom is 0.142 e. The van der Waals surface area contributed by atoms with E-state index in [0.29, 0.717) is 53.1 Å². The van der Waals surface area contributed by atoms with Gasteiger partial charge < -0.3 is 37.9 Å². The first kappa shape index (κ1) is 70.4. The van der Waals surface area contributed by atoms with Crippen LogP contribution in [0.1, 0.15) is 246 Å². The molecule has 8 bridgehead atoms. The van der Waals surface area contributed by atoms with E-state index in [2.05, 4.69) is 248 Å². The number of hydrogen-bond donors (Lipinski definition) is 0. The average Bonchev–Trinajstić information content (AvgIpc) is 0.725. The Hall–Kier alpha value is -8.00. The minimum absolute atomic E-state index is 0.0416. The van der Waals surface area contributed by atoms with Crippen molar-refractivity contribution in [3.05, 3.63) is 235 Å². The quantitative estimate of drug-likeness (QED) is 0.0728. The largest absolute Gasteiger partial charge is 0.496 e. The smallest absolute Gasteiger partial charge is 0.142 e. The summed E-state index contributed by atoms with van der Waals surface area (Å²) >= 11 is 0. The van der Waals surface area contributed by atoms with Crippen LogP contribution in [-0.2, 0) is 26.2 Å². The lowest BCUT2D eigenvalue weighted by atomic mass is 9.73. The molecular weight excluding hydrogens is 1240 g/mol. The number of nitrogens with zero attached hydrogens (tertiary/aromatic N) is 4. The third-order valence-electron chi connectivity index (χ3n) is 22.4. The van der Waals surface area contributed by atoms with Crippen LogP contribution in [-0.4, -0.2) is 75.0 Å². The number of benzene rings is 8. The molecular formula is C88H108N4O8. The van der Waals surface area contributed by atoms with Crippen molar-refractivity contribution < 1.29 is 37.9 Å². The van der Waals surface area contributed by atoms with Gasteiger partial charge in [0.25, 0.3) is 0 Å². The predicted molar refractivity (Wildman–Crippen MR) is 401 cm³/mol. The fraction of sp³-hybridized carbons (Fsp3) is 0.455. The molecule has 0 spiro atoms. The molecule has 0 unspecified atom stereocenters. The van der Waals surface area contributed by atoms with Gasteiger partial charge in [-0.15, -0.1) is 0 Å². The standard InChI is InChI=1S/C88H108N4O8/c1-53(2)37-65-69-41-74(86-77(81(69)93-13)45-89(50-98-86)57(9)61-29-21-17-22-30-61)67(39-55(5)6)71-43-76(88-79(83(71)95-15)47-91(52-100-88)59(11)63-33-25-19-26-34-63)68(40-56(7)8)72-44-75(87-80(84(72)96-16)48-92(51-99-87)60(12)64-35-27-20-28-36-64)66(38-54(3)4)70-42-73(65)85-78(82(70)94-14)46-90(49-97-85)58(10)62-31-23-18-24-32-62/h17-36,41-44,53-60,65-68H,37-40,45-52H2,1-16H3/t57-,58-,59-,60-,65-,66-,67-,68-/m0/s1. The lowest BCUT2D eigenvalue weighted by Gasteiger charge is -2.41. The molecule has 0 fully saturated rings. The summed E-state index contributed by atoms with van der Waals surface area (Å²) in [6.07, 6.45) is 3.19. The molecule has 0 saturated carbocycles. The van der Waals surface area contributed by atoms with E-state index in [1.54, 1.807) is 0 Å². The minimum atomic E-state index is -0.229. The summed E-state index contributed by atoms with van der Waals surface area (Å²) in [7, 11) is 7.49. The Morgan fingerprint density at radius 3 is 0.650 bits per heavy atom. The Kier molecular flexibility index (Phi) is 21.3. The van der Waals surface area contributed by atoms with E-state index in [1.165, 1.54) is 22.3 Å². The molecule has 0 N–H and O–H groups in total. The van der Waals surface area contributed by atoms with Crippen molar-refractivity contribution >= 4 is 0 Å². The molecule has 4 aliphatic heterocycles. The van der Waals surface area contributed by atoms with Crippen molar-refractivity contribution in [2.24, 2.45) is 23.7 Å². The summed E-state index contributed by atoms with van der Waals surface area (Å²) in [5.74, 6) is 7.01. The van der Waals surface area contributed by atoms with Gasteiger partial charge in [0.2, 0.25) is 0 Å². The third kappa shape index (κ3) is 13.7. The molecule has 8 atom stereocenters. The summed E-state index contributed by atoms with van der Waals surface area (Å²) < 4.78 is 58.6. The van der Waals surface area contributed by atoms with E-state index >= 15 is 0 Å². The zero-order valence-corrected chi connectivity index (χ0v) is 62.3. The van der Waals surface area contributed by atoms with Crippen molar-refractivity contribution in [2.45, 2.75) is 183 Å². The van der Waals surface area contributed by atoms with Crippen LogP contribution in [0.3, 0.4) is 0 Å². The SMILES string of the molecule is COc1c2cc(c3c1CN([C@@H](C)c1ccccc1)CO3)[C@@H](CC(C)C)c1cc(c3c(c1OC)CN([C@@H](C)c1ccccc1)CO3)[C@@H](CC(C)C)c1cc(c3c(c1OC)CN([C@@H](C)c1ccccc1)CO3)[C@@H](CC(C)C)c1cc(c3c(c1OC)CN([C@@H](C)c1ccccc1)CO3)[C@H]2CC(C)C. The Balaban J connectivity index is 1.18. The molecule has 528 valence electrons. The van der Waals surface area contributed by atoms with Gasteiger partial charge in [-0.1, -0.05) is 177 Å². The summed E-state index contributed by atoms with van der Waals surface area (Å²) in [5.41, 5.74) is 18.1. The number of rotatable bonds is 20. The molecule has 0 saturated heterocycles. The maximum absolute atomic E-state index is 7.54. The molecule has 0 aromatic heterocycles. The Morgan fingerprint density at radius 1 is 0.290 bits per heavy atom. The van der Waals surface area contributed by atoms with Crippen molar-refractivity contribution in [3.63, 3.8) is 0 Å². The van der Waals surface area contributed by atoms with Crippen LogP contribution in [0, 0.1) is 23.7 Å². The molecule has 100 heavy (non-hydrogen) atoms. The first-order valence-electron chi connectivity index (χ1n) is 37.0. The zero-order chi connectivity index (χ0) is 70.2. The van der Waals surface area contributed by atoms with E-state index in [0.717, 1.165) is 138 Å². The zero-order valence-electron chi connectivity index (χ0n) is 62.3. The van der Waals surface area contributed by atoms with Gasteiger partial charge in [-0.3, -0.25) is 19.6 Å². The monoisotopic (exact) mass is 1350 g/mol. The van der Waals surface area contributed by atoms with Gasteiger partial charge in [-0.2, -0.15) is 0 Å². The van der Waals surface area contributed by atoms with E-state index in [4.69, 9.17) is 37.9 Å². The van der Waals surface area contributed by atoms with E-state index in [9.17, 15) is 0 Å². The van der Waals surface area contributed by atoms with E-state index in [1.807, 2.05) is 28.4 Å². The van der Waals surface area contributed by atoms with Crippen LogP contribution in [0.25, 0.3) is 0 Å². The van der Waals surface area contributed by atoms with Crippen molar-refractivity contribution in [2.75, 3.05) is 55.4 Å². The van der Waals surface area contributed by atoms with Crippen LogP contribution < -0.4 is 37.9 Å². The molecule has 13 rings (SSSR count). The summed E-state index contributed by atoms with van der Waals surface area (Å²) in [6.45, 7) is 32.1. The van der Waals surface area contributed by atoms with Crippen molar-refractivity contribution in [1.82, 2.24) is 19.6 Å². The molecule has 4 heterocycles. The molecule has 1 aliphatic carbocycles. The van der Waals surface area contributed by atoms with Gasteiger partial charge in [0, 0.05) is 119 Å². The topological polar surface area (TPSA) is 86.8 Å². The molecule has 0 radical (unpaired) electrons. The highest BCUT2D eigenvalue weighted by atomic mass is 16.5. The second-order valence-corrected chi connectivity index (χ2v) is 30.7. The van der Waals surface area contributed by atoms with Crippen LogP contribution in [0.2, 0.25) is 0 Å². The molecule has 8 aromatic carbocycles. The maximum atomic E-state index is 7.54. The van der Waals surface area contributed by atoms with Gasteiger partial charge in [-0.05, 0) is 124 Å². The Bertz CT molecular complexity index is 3520. The third-order valence-corrected chi connectivity index (χ3v) is 22.4. The first-order valence-corrected chi connectivity index (χ1v) is 37.0. The molecule has 12 heteroatoms. The number of fused-ring (bicyclic) bond motifs is 16. The fourth-order valence-electron chi connectivity index (χ4n) is 17.2. The van der Waals surface area contributed by atoms with E-state index in [-0.39, 0.29) is 71.5 Å². The van der Waals surface area contributed by atoms with Gasteiger partial charge >= 0.3 is 0 Å². The number of hydrogen-bond acceptors (Lipinski definition) is 12. The minimum Gasteiger partial charge on any atom is -0.496 e. The number of ether oxygens (including phenoxy) is 8. The second-order valence-electron chi connectivity index (χ2n) is 30.7. The van der Waals surface area contributed by atoms with Crippen molar-refractivity contribution in [1.29, 1.82) is 0 Å². The predicted octanol–water partition coefficient (Wildman–Crippen LogP) is 20.4. The van der Waals surface area contributed by atoms with Crippen LogP contribution in [0.4, 0.5) is 0 Å². The Labute approximate surface area is 596 Å². The lowest BCUT2D eigenvalue weighted by Crippen LogP contribution is -2.36. The summed E-state index contributed by atoms with van der Waals surface area (Å²) in [6, 6.07) is 53.6. The normalized spacial score (nSPS) is 19.8. The molecule has 5 aliphatic rings. The summed E-state index contributed by atoms with van der Waals surface area (Å²) in [5, 5.41) is 0. The summed E-state index contributed by atoms with van der Waals surface area (Å²) in [4.78, 5) is 9.85. The van der Waals surface area contributed by atoms with Gasteiger partial charge in [0.1, 0.15) is 72.9 Å². The Morgan fingerprint density at radius 2 is 0.480 bits per heavy atom. The highest BCUT2D eigenvalue weighted by Crippen LogP contribution is 2.60. The highest BCUT2D eigenvalue weighted by Gasteiger charge is 2.44. The van der Waals surface area contributed by atoms with Crippen molar-refractivity contribution in [3.8, 4) is 46.0 Å². The fourth-order valence-corrected chi connectivity index (χ4v) is 17.2. The van der Waals surface area contributed by atoms with Gasteiger partial charge in [0.15, 0.2) is 0 Å². The van der Waals surface area contributed by atoms with E-state index < -0.39 is 0 Å². The van der Waals surface area contributed by atoms with Crippen LogP contribution in [0.15, 0.2) is 146 Å². The highest BCUT2D eigenvalue weighted by molar-refractivity contribution is 5.70. The molecule has 0 amide bonds. The van der Waals surface area contributed by atoms with Gasteiger partial charge in [0.05, 0.1) is 50.7 Å². The lowest BCUT2D eigenvalue weighted by molar-refractivity contribution is 0.0580. The number of methoxy groups -OCH3 is 4. The second kappa shape index (κ2) is 30.3. The molecule has 8 aromatic rings.